The Hall–Kier alpha value is -2.93. The summed E-state index contributed by atoms with van der Waals surface area (Å²) in [7, 11) is 1.54. The number of methoxy groups -OCH3 is 1. The van der Waals surface area contributed by atoms with Crippen molar-refractivity contribution in [2.24, 2.45) is 0 Å². The van der Waals surface area contributed by atoms with Crippen LogP contribution >= 0.6 is 11.8 Å². The summed E-state index contributed by atoms with van der Waals surface area (Å²) in [6.45, 7) is 2.39. The van der Waals surface area contributed by atoms with Gasteiger partial charge in [-0.2, -0.15) is 0 Å². The van der Waals surface area contributed by atoms with E-state index in [-0.39, 0.29) is 24.5 Å². The van der Waals surface area contributed by atoms with Crippen LogP contribution in [0.1, 0.15) is 16.7 Å². The Labute approximate surface area is 160 Å². The number of fused-ring (bicyclic) bond motifs is 1. The topological polar surface area (TPSA) is 65.1 Å². The number of amides is 2. The fourth-order valence-corrected chi connectivity index (χ4v) is 3.71. The van der Waals surface area contributed by atoms with Gasteiger partial charge in [-0.25, -0.2) is 0 Å². The molecule has 1 saturated heterocycles. The van der Waals surface area contributed by atoms with Crippen LogP contribution in [0.3, 0.4) is 0 Å². The van der Waals surface area contributed by atoms with Gasteiger partial charge < -0.3 is 14.2 Å². The van der Waals surface area contributed by atoms with E-state index in [2.05, 4.69) is 0 Å². The summed E-state index contributed by atoms with van der Waals surface area (Å²) in [6, 6.07) is 11.2. The van der Waals surface area contributed by atoms with E-state index in [1.54, 1.807) is 18.2 Å². The van der Waals surface area contributed by atoms with E-state index in [0.717, 1.165) is 22.9 Å². The third kappa shape index (κ3) is 3.38. The molecule has 27 heavy (non-hydrogen) atoms. The predicted octanol–water partition coefficient (Wildman–Crippen LogP) is 3.97. The highest BCUT2D eigenvalue weighted by atomic mass is 32.2. The number of thioether (sulfide) groups is 1. The summed E-state index contributed by atoms with van der Waals surface area (Å²) in [5.74, 6) is 1.41. The average molecular weight is 383 g/mol. The molecular weight excluding hydrogens is 366 g/mol. The molecule has 0 unspecified atom stereocenters. The summed E-state index contributed by atoms with van der Waals surface area (Å²) in [5.41, 5.74) is 2.69. The summed E-state index contributed by atoms with van der Waals surface area (Å²) in [4.78, 5) is 26.7. The minimum Gasteiger partial charge on any atom is -0.496 e. The molecule has 0 atom stereocenters. The van der Waals surface area contributed by atoms with E-state index < -0.39 is 0 Å². The van der Waals surface area contributed by atoms with Gasteiger partial charge in [0.2, 0.25) is 6.79 Å². The SMILES string of the molecule is COc1cc2c(cc1/C=C1\SC(=O)N(Cc3ccc(C)cc3)C1=O)OCO2. The molecule has 138 valence electrons. The second kappa shape index (κ2) is 7.00. The summed E-state index contributed by atoms with van der Waals surface area (Å²) in [5, 5.41) is -0.286. The van der Waals surface area contributed by atoms with Crippen LogP contribution in [0.2, 0.25) is 0 Å². The molecule has 1 fully saturated rings. The number of ether oxygens (including phenoxy) is 3. The molecule has 2 aromatic carbocycles. The van der Waals surface area contributed by atoms with E-state index in [1.807, 2.05) is 31.2 Å². The maximum atomic E-state index is 12.7. The maximum Gasteiger partial charge on any atom is 0.293 e. The van der Waals surface area contributed by atoms with Gasteiger partial charge in [0, 0.05) is 11.6 Å². The van der Waals surface area contributed by atoms with Gasteiger partial charge in [-0.05, 0) is 36.4 Å². The van der Waals surface area contributed by atoms with E-state index in [9.17, 15) is 9.59 Å². The fourth-order valence-electron chi connectivity index (χ4n) is 2.88. The summed E-state index contributed by atoms with van der Waals surface area (Å²) >= 11 is 0.922. The van der Waals surface area contributed by atoms with E-state index in [1.165, 1.54) is 12.0 Å². The van der Waals surface area contributed by atoms with E-state index >= 15 is 0 Å². The number of nitrogens with zero attached hydrogens (tertiary/aromatic N) is 1. The molecule has 4 rings (SSSR count). The smallest absolute Gasteiger partial charge is 0.293 e. The Morgan fingerprint density at radius 1 is 1.15 bits per heavy atom. The molecule has 0 spiro atoms. The van der Waals surface area contributed by atoms with Crippen molar-refractivity contribution in [3.05, 3.63) is 58.0 Å². The molecule has 0 aliphatic carbocycles. The van der Waals surface area contributed by atoms with Gasteiger partial charge in [0.05, 0.1) is 18.6 Å². The van der Waals surface area contributed by atoms with Crippen molar-refractivity contribution < 1.29 is 23.8 Å². The van der Waals surface area contributed by atoms with E-state index in [4.69, 9.17) is 14.2 Å². The Kier molecular flexibility index (Phi) is 4.53. The molecular formula is C20H17NO5S. The lowest BCUT2D eigenvalue weighted by atomic mass is 10.1. The number of benzene rings is 2. The molecule has 2 aliphatic rings. The molecule has 2 amide bonds. The maximum absolute atomic E-state index is 12.7. The minimum atomic E-state index is -0.315. The molecule has 0 aromatic heterocycles. The lowest BCUT2D eigenvalue weighted by Crippen LogP contribution is -2.27. The number of hydrogen-bond donors (Lipinski definition) is 0. The van der Waals surface area contributed by atoms with Gasteiger partial charge in [-0.15, -0.1) is 0 Å². The minimum absolute atomic E-state index is 0.148. The monoisotopic (exact) mass is 383 g/mol. The Bertz CT molecular complexity index is 952. The van der Waals surface area contributed by atoms with Gasteiger partial charge in [0.1, 0.15) is 5.75 Å². The van der Waals surface area contributed by atoms with Crippen molar-refractivity contribution in [1.29, 1.82) is 0 Å². The molecule has 0 N–H and O–H groups in total. The van der Waals surface area contributed by atoms with E-state index in [0.29, 0.717) is 27.7 Å². The zero-order chi connectivity index (χ0) is 19.0. The van der Waals surface area contributed by atoms with Crippen molar-refractivity contribution >= 4 is 29.0 Å². The van der Waals surface area contributed by atoms with Gasteiger partial charge in [-0.3, -0.25) is 14.5 Å². The van der Waals surface area contributed by atoms with Crippen molar-refractivity contribution in [3.8, 4) is 17.2 Å². The Morgan fingerprint density at radius 3 is 2.56 bits per heavy atom. The number of hydrogen-bond acceptors (Lipinski definition) is 6. The molecule has 0 bridgehead atoms. The van der Waals surface area contributed by atoms with Crippen LogP contribution in [0.4, 0.5) is 4.79 Å². The first-order chi connectivity index (χ1) is 13.0. The van der Waals surface area contributed by atoms with Gasteiger partial charge >= 0.3 is 0 Å². The first-order valence-electron chi connectivity index (χ1n) is 8.33. The number of imide groups is 1. The van der Waals surface area contributed by atoms with Crippen molar-refractivity contribution in [2.75, 3.05) is 13.9 Å². The van der Waals surface area contributed by atoms with Gasteiger partial charge in [0.25, 0.3) is 11.1 Å². The van der Waals surface area contributed by atoms with Crippen LogP contribution in [0.15, 0.2) is 41.3 Å². The molecule has 6 nitrogen and oxygen atoms in total. The zero-order valence-corrected chi connectivity index (χ0v) is 15.7. The highest BCUT2D eigenvalue weighted by Gasteiger charge is 2.35. The number of aryl methyl sites for hydroxylation is 1. The zero-order valence-electron chi connectivity index (χ0n) is 14.9. The highest BCUT2D eigenvalue weighted by molar-refractivity contribution is 8.18. The van der Waals surface area contributed by atoms with Crippen molar-refractivity contribution in [3.63, 3.8) is 0 Å². The predicted molar refractivity (Wildman–Crippen MR) is 102 cm³/mol. The standard InChI is InChI=1S/C20H17NO5S/c1-12-3-5-13(6-4-12)10-21-19(22)18(27-20(21)23)8-14-7-16-17(26-11-25-16)9-15(14)24-2/h3-9H,10-11H2,1-2H3/b18-8-. The molecule has 0 saturated carbocycles. The summed E-state index contributed by atoms with van der Waals surface area (Å²) < 4.78 is 16.1. The van der Waals surface area contributed by atoms with Gasteiger partial charge in [-0.1, -0.05) is 29.8 Å². The van der Waals surface area contributed by atoms with Crippen LogP contribution in [-0.4, -0.2) is 29.9 Å². The Balaban J connectivity index is 1.61. The Morgan fingerprint density at radius 2 is 1.85 bits per heavy atom. The fraction of sp³-hybridized carbons (Fsp3) is 0.200. The lowest BCUT2D eigenvalue weighted by Gasteiger charge is -2.12. The third-order valence-corrected chi connectivity index (χ3v) is 5.25. The average Bonchev–Trinajstić information content (AvgIpc) is 3.22. The second-order valence-electron chi connectivity index (χ2n) is 6.20. The van der Waals surface area contributed by atoms with Crippen molar-refractivity contribution in [2.45, 2.75) is 13.5 Å². The summed E-state index contributed by atoms with van der Waals surface area (Å²) in [6.07, 6.45) is 1.65. The quantitative estimate of drug-likeness (QED) is 0.745. The normalized spacial score (nSPS) is 17.1. The highest BCUT2D eigenvalue weighted by Crippen LogP contribution is 2.41. The molecule has 0 radical (unpaired) electrons. The molecule has 7 heteroatoms. The number of rotatable bonds is 4. The van der Waals surface area contributed by atoms with Crippen molar-refractivity contribution in [1.82, 2.24) is 4.90 Å². The third-order valence-electron chi connectivity index (χ3n) is 4.35. The van der Waals surface area contributed by atoms with Crippen LogP contribution < -0.4 is 14.2 Å². The number of carbonyl (C=O) groups excluding carboxylic acids is 2. The molecule has 2 aliphatic heterocycles. The van der Waals surface area contributed by atoms with Gasteiger partial charge in [0.15, 0.2) is 11.5 Å². The largest absolute Gasteiger partial charge is 0.496 e. The molecule has 2 heterocycles. The van der Waals surface area contributed by atoms with Crippen LogP contribution in [0.25, 0.3) is 6.08 Å². The van der Waals surface area contributed by atoms with Crippen LogP contribution in [0.5, 0.6) is 17.2 Å². The molecule has 2 aromatic rings. The lowest BCUT2D eigenvalue weighted by molar-refractivity contribution is -0.123. The second-order valence-corrected chi connectivity index (χ2v) is 7.19. The van der Waals surface area contributed by atoms with Crippen LogP contribution in [-0.2, 0) is 11.3 Å². The van der Waals surface area contributed by atoms with Crippen LogP contribution in [0, 0.1) is 6.92 Å². The first-order valence-corrected chi connectivity index (χ1v) is 9.15. The number of carbonyl (C=O) groups is 2. The first kappa shape index (κ1) is 17.5.